The Bertz CT molecular complexity index is 750. The van der Waals surface area contributed by atoms with E-state index < -0.39 is 28.2 Å². The normalized spacial score (nSPS) is 10.1. The topological polar surface area (TPSA) is 81.5 Å². The average molecular weight is 308 g/mol. The van der Waals surface area contributed by atoms with Gasteiger partial charge in [0.1, 0.15) is 0 Å². The summed E-state index contributed by atoms with van der Waals surface area (Å²) >= 11 is 0. The lowest BCUT2D eigenvalue weighted by Gasteiger charge is -2.07. The van der Waals surface area contributed by atoms with Crippen LogP contribution in [0.25, 0.3) is 0 Å². The molecule has 2 aromatic rings. The number of anilines is 1. The summed E-state index contributed by atoms with van der Waals surface area (Å²) in [5.41, 5.74) is -0.752. The van der Waals surface area contributed by atoms with Crippen molar-refractivity contribution in [3.63, 3.8) is 0 Å². The summed E-state index contributed by atoms with van der Waals surface area (Å²) in [6, 6.07) is 6.48. The Balaban J connectivity index is 2.24. The van der Waals surface area contributed by atoms with Gasteiger partial charge in [0.25, 0.3) is 5.91 Å². The number of rotatable bonds is 4. The Morgan fingerprint density at radius 1 is 1.18 bits per heavy atom. The molecule has 8 heteroatoms. The van der Waals surface area contributed by atoms with Crippen LogP contribution in [0, 0.1) is 21.7 Å². The van der Waals surface area contributed by atoms with Gasteiger partial charge in [0.15, 0.2) is 11.6 Å². The van der Waals surface area contributed by atoms with Gasteiger partial charge in [-0.1, -0.05) is 0 Å². The van der Waals surface area contributed by atoms with Crippen LogP contribution in [0.4, 0.5) is 20.2 Å². The smallest absolute Gasteiger partial charge is 0.306 e. The number of halogens is 2. The lowest BCUT2D eigenvalue weighted by molar-refractivity contribution is -0.387. The van der Waals surface area contributed by atoms with E-state index in [4.69, 9.17) is 4.74 Å². The maximum atomic E-state index is 13.5. The highest BCUT2D eigenvalue weighted by Crippen LogP contribution is 2.23. The second kappa shape index (κ2) is 6.17. The Hall–Kier alpha value is -3.03. The molecule has 6 nitrogen and oxygen atoms in total. The molecule has 0 aliphatic heterocycles. The van der Waals surface area contributed by atoms with Gasteiger partial charge in [-0.3, -0.25) is 14.9 Å². The zero-order valence-electron chi connectivity index (χ0n) is 11.3. The van der Waals surface area contributed by atoms with Crippen LogP contribution >= 0.6 is 0 Å². The van der Waals surface area contributed by atoms with Crippen molar-refractivity contribution in [3.8, 4) is 5.75 Å². The molecule has 2 rings (SSSR count). The predicted molar refractivity (Wildman–Crippen MR) is 74.0 cm³/mol. The summed E-state index contributed by atoms with van der Waals surface area (Å²) in [7, 11) is 1.29. The van der Waals surface area contributed by atoms with Crippen LogP contribution in [-0.2, 0) is 0 Å². The molecule has 0 fully saturated rings. The average Bonchev–Trinajstić information content (AvgIpc) is 2.48. The fourth-order valence-corrected chi connectivity index (χ4v) is 1.74. The molecular formula is C14H10F2N2O4. The number of nitrogens with zero attached hydrogens (tertiary/aromatic N) is 1. The van der Waals surface area contributed by atoms with Crippen molar-refractivity contribution >= 4 is 17.3 Å². The highest BCUT2D eigenvalue weighted by atomic mass is 19.1. The van der Waals surface area contributed by atoms with Gasteiger partial charge in [0.2, 0.25) is 5.82 Å². The van der Waals surface area contributed by atoms with Crippen molar-refractivity contribution in [3.05, 3.63) is 63.7 Å². The number of hydrogen-bond acceptors (Lipinski definition) is 4. The number of benzene rings is 2. The molecule has 0 radical (unpaired) electrons. The molecule has 0 unspecified atom stereocenters. The molecule has 0 aromatic heterocycles. The monoisotopic (exact) mass is 308 g/mol. The van der Waals surface area contributed by atoms with Crippen LogP contribution in [-0.4, -0.2) is 17.9 Å². The van der Waals surface area contributed by atoms with Crippen LogP contribution < -0.4 is 10.1 Å². The lowest BCUT2D eigenvalue weighted by atomic mass is 10.2. The lowest BCUT2D eigenvalue weighted by Crippen LogP contribution is -2.12. The SMILES string of the molecule is COc1ccc(C(=O)Nc2ccc(F)c([N+](=O)[O-])c2)cc1F. The van der Waals surface area contributed by atoms with E-state index >= 15 is 0 Å². The molecule has 1 N–H and O–H groups in total. The Labute approximate surface area is 123 Å². The van der Waals surface area contributed by atoms with Crippen LogP contribution in [0.3, 0.4) is 0 Å². The van der Waals surface area contributed by atoms with Gasteiger partial charge in [-0.15, -0.1) is 0 Å². The fourth-order valence-electron chi connectivity index (χ4n) is 1.74. The Morgan fingerprint density at radius 3 is 2.50 bits per heavy atom. The van der Waals surface area contributed by atoms with Gasteiger partial charge in [-0.05, 0) is 30.3 Å². The highest BCUT2D eigenvalue weighted by Gasteiger charge is 2.16. The van der Waals surface area contributed by atoms with Crippen molar-refractivity contribution in [2.75, 3.05) is 12.4 Å². The number of carbonyl (C=O) groups is 1. The molecule has 22 heavy (non-hydrogen) atoms. The highest BCUT2D eigenvalue weighted by molar-refractivity contribution is 6.04. The second-order valence-corrected chi connectivity index (χ2v) is 4.23. The fraction of sp³-hybridized carbons (Fsp3) is 0.0714. The van der Waals surface area contributed by atoms with Crippen molar-refractivity contribution < 1.29 is 23.2 Å². The van der Waals surface area contributed by atoms with E-state index in [9.17, 15) is 23.7 Å². The van der Waals surface area contributed by atoms with E-state index in [-0.39, 0.29) is 17.0 Å². The Morgan fingerprint density at radius 2 is 1.91 bits per heavy atom. The number of carbonyl (C=O) groups excluding carboxylic acids is 1. The number of nitro benzene ring substituents is 1. The van der Waals surface area contributed by atoms with Gasteiger partial charge < -0.3 is 10.1 Å². The van der Waals surface area contributed by atoms with E-state index in [2.05, 4.69) is 5.32 Å². The standard InChI is InChI=1S/C14H10F2N2O4/c1-22-13-5-2-8(6-11(13)16)14(19)17-9-3-4-10(15)12(7-9)18(20)21/h2-7H,1H3,(H,17,19). The van der Waals surface area contributed by atoms with Crippen LogP contribution in [0.2, 0.25) is 0 Å². The van der Waals surface area contributed by atoms with Gasteiger partial charge in [0.05, 0.1) is 12.0 Å². The predicted octanol–water partition coefficient (Wildman–Crippen LogP) is 3.13. The summed E-state index contributed by atoms with van der Waals surface area (Å²) in [5.74, 6) is -2.45. The molecule has 2 aromatic carbocycles. The second-order valence-electron chi connectivity index (χ2n) is 4.23. The molecule has 114 valence electrons. The maximum Gasteiger partial charge on any atom is 0.306 e. The van der Waals surface area contributed by atoms with E-state index in [1.54, 1.807) is 0 Å². The van der Waals surface area contributed by atoms with Crippen molar-refractivity contribution in [2.45, 2.75) is 0 Å². The van der Waals surface area contributed by atoms with Crippen molar-refractivity contribution in [1.29, 1.82) is 0 Å². The molecule has 0 bridgehead atoms. The minimum atomic E-state index is -1.02. The minimum absolute atomic E-state index is 0.00900. The van der Waals surface area contributed by atoms with Crippen LogP contribution in [0.1, 0.15) is 10.4 Å². The van der Waals surface area contributed by atoms with Crippen molar-refractivity contribution in [2.24, 2.45) is 0 Å². The number of amides is 1. The molecular weight excluding hydrogens is 298 g/mol. The van der Waals surface area contributed by atoms with E-state index in [0.717, 1.165) is 18.2 Å². The van der Waals surface area contributed by atoms with Crippen molar-refractivity contribution in [1.82, 2.24) is 0 Å². The summed E-state index contributed by atoms with van der Waals surface area (Å²) in [6.45, 7) is 0. The first-order chi connectivity index (χ1) is 10.4. The van der Waals surface area contributed by atoms with Crippen LogP contribution in [0.15, 0.2) is 36.4 Å². The van der Waals surface area contributed by atoms with Crippen LogP contribution in [0.5, 0.6) is 5.75 Å². The van der Waals surface area contributed by atoms with Gasteiger partial charge in [0, 0.05) is 17.3 Å². The first-order valence-corrected chi connectivity index (χ1v) is 6.01. The molecule has 1 amide bonds. The number of nitro groups is 1. The zero-order valence-corrected chi connectivity index (χ0v) is 11.3. The van der Waals surface area contributed by atoms with E-state index in [1.165, 1.54) is 25.3 Å². The Kier molecular flexibility index (Phi) is 4.31. The number of hydrogen-bond donors (Lipinski definition) is 1. The van der Waals surface area contributed by atoms with Gasteiger partial charge >= 0.3 is 5.69 Å². The molecule has 0 saturated heterocycles. The zero-order chi connectivity index (χ0) is 16.3. The number of methoxy groups -OCH3 is 1. The maximum absolute atomic E-state index is 13.5. The molecule has 0 atom stereocenters. The molecule has 0 saturated carbocycles. The summed E-state index contributed by atoms with van der Waals surface area (Å²) in [6.07, 6.45) is 0. The third-order valence-corrected chi connectivity index (χ3v) is 2.81. The summed E-state index contributed by atoms with van der Waals surface area (Å²) in [5, 5.41) is 13.0. The molecule has 0 aliphatic rings. The summed E-state index contributed by atoms with van der Waals surface area (Å²) in [4.78, 5) is 21.7. The van der Waals surface area contributed by atoms with E-state index in [0.29, 0.717) is 0 Å². The first-order valence-electron chi connectivity index (χ1n) is 6.01. The largest absolute Gasteiger partial charge is 0.494 e. The first kappa shape index (κ1) is 15.4. The quantitative estimate of drug-likeness (QED) is 0.695. The molecule has 0 heterocycles. The third kappa shape index (κ3) is 3.17. The third-order valence-electron chi connectivity index (χ3n) is 2.81. The number of nitrogens with one attached hydrogen (secondary N) is 1. The summed E-state index contributed by atoms with van der Waals surface area (Å²) < 4.78 is 31.5. The molecule has 0 spiro atoms. The van der Waals surface area contributed by atoms with Gasteiger partial charge in [-0.2, -0.15) is 4.39 Å². The van der Waals surface area contributed by atoms with Gasteiger partial charge in [-0.25, -0.2) is 4.39 Å². The minimum Gasteiger partial charge on any atom is -0.494 e. The number of ether oxygens (including phenoxy) is 1. The molecule has 0 aliphatic carbocycles. The van der Waals surface area contributed by atoms with E-state index in [1.807, 2.05) is 0 Å².